The van der Waals surface area contributed by atoms with Crippen LogP contribution < -0.4 is 10.2 Å². The fourth-order valence-electron chi connectivity index (χ4n) is 3.98. The number of benzene rings is 1. The highest BCUT2D eigenvalue weighted by Crippen LogP contribution is 2.25. The Balaban J connectivity index is 1.48. The van der Waals surface area contributed by atoms with Crippen molar-refractivity contribution >= 4 is 17.7 Å². The zero-order valence-electron chi connectivity index (χ0n) is 15.7. The van der Waals surface area contributed by atoms with Gasteiger partial charge in [-0.1, -0.05) is 12.1 Å². The van der Waals surface area contributed by atoms with Gasteiger partial charge in [-0.05, 0) is 56.7 Å². The van der Waals surface area contributed by atoms with E-state index in [1.807, 2.05) is 4.90 Å². The smallest absolute Gasteiger partial charge is 0.317 e. The zero-order valence-corrected chi connectivity index (χ0v) is 15.7. The summed E-state index contributed by atoms with van der Waals surface area (Å²) in [5, 5.41) is 12.2. The van der Waals surface area contributed by atoms with Crippen LogP contribution in [0.1, 0.15) is 36.8 Å². The van der Waals surface area contributed by atoms with E-state index in [-0.39, 0.29) is 18.0 Å². The fraction of sp³-hybridized carbons (Fsp3) is 0.600. The second-order valence-electron chi connectivity index (χ2n) is 7.53. The number of hydrogen-bond donors (Lipinski definition) is 2. The molecular formula is C20H29N3O3. The van der Waals surface area contributed by atoms with Crippen molar-refractivity contribution in [3.63, 3.8) is 0 Å². The summed E-state index contributed by atoms with van der Waals surface area (Å²) in [6, 6.07) is 6.46. The molecule has 0 radical (unpaired) electrons. The lowest BCUT2D eigenvalue weighted by Crippen LogP contribution is -2.54. The summed E-state index contributed by atoms with van der Waals surface area (Å²) in [7, 11) is 0. The molecule has 1 heterocycles. The maximum absolute atomic E-state index is 12.5. The van der Waals surface area contributed by atoms with Crippen molar-refractivity contribution in [2.75, 3.05) is 31.1 Å². The monoisotopic (exact) mass is 359 g/mol. The molecule has 1 saturated carbocycles. The van der Waals surface area contributed by atoms with E-state index in [1.54, 1.807) is 0 Å². The number of rotatable bonds is 3. The molecule has 2 aliphatic rings. The second kappa shape index (κ2) is 7.98. The number of piperazine rings is 1. The molecule has 142 valence electrons. The number of carbonyl (C=O) groups is 2. The van der Waals surface area contributed by atoms with E-state index in [1.165, 1.54) is 16.8 Å². The lowest BCUT2D eigenvalue weighted by atomic mass is 9.86. The number of anilines is 1. The van der Waals surface area contributed by atoms with Crippen molar-refractivity contribution in [3.05, 3.63) is 29.3 Å². The van der Waals surface area contributed by atoms with Gasteiger partial charge in [0.1, 0.15) is 0 Å². The number of hydrogen-bond acceptors (Lipinski definition) is 3. The molecule has 2 fully saturated rings. The van der Waals surface area contributed by atoms with Crippen molar-refractivity contribution in [2.45, 2.75) is 45.6 Å². The summed E-state index contributed by atoms with van der Waals surface area (Å²) in [5.74, 6) is -0.957. The molecule has 2 N–H and O–H groups in total. The Kier molecular flexibility index (Phi) is 5.69. The van der Waals surface area contributed by atoms with Gasteiger partial charge in [0.2, 0.25) is 0 Å². The first kappa shape index (κ1) is 18.5. The van der Waals surface area contributed by atoms with Crippen molar-refractivity contribution in [1.82, 2.24) is 10.2 Å². The minimum atomic E-state index is -0.711. The van der Waals surface area contributed by atoms with Crippen molar-refractivity contribution < 1.29 is 14.7 Å². The van der Waals surface area contributed by atoms with E-state index >= 15 is 0 Å². The Bertz CT molecular complexity index is 660. The van der Waals surface area contributed by atoms with Crippen molar-refractivity contribution in [1.29, 1.82) is 0 Å². The van der Waals surface area contributed by atoms with Crippen LogP contribution in [-0.2, 0) is 4.79 Å². The van der Waals surface area contributed by atoms with E-state index in [4.69, 9.17) is 5.11 Å². The van der Waals surface area contributed by atoms with Gasteiger partial charge in [0.15, 0.2) is 0 Å². The summed E-state index contributed by atoms with van der Waals surface area (Å²) in [5.41, 5.74) is 3.86. The quantitative estimate of drug-likeness (QED) is 0.870. The molecule has 0 spiro atoms. The number of carboxylic acid groups (broad SMARTS) is 1. The Morgan fingerprint density at radius 2 is 1.69 bits per heavy atom. The van der Waals surface area contributed by atoms with Gasteiger partial charge in [-0.15, -0.1) is 0 Å². The van der Waals surface area contributed by atoms with E-state index in [9.17, 15) is 9.59 Å². The van der Waals surface area contributed by atoms with Crippen LogP contribution in [0.3, 0.4) is 0 Å². The number of carbonyl (C=O) groups excluding carboxylic acids is 1. The van der Waals surface area contributed by atoms with Crippen LogP contribution in [0.5, 0.6) is 0 Å². The third kappa shape index (κ3) is 4.11. The van der Waals surface area contributed by atoms with Gasteiger partial charge in [-0.2, -0.15) is 0 Å². The Morgan fingerprint density at radius 3 is 2.31 bits per heavy atom. The summed E-state index contributed by atoms with van der Waals surface area (Å²) < 4.78 is 0. The van der Waals surface area contributed by atoms with E-state index in [2.05, 4.69) is 42.3 Å². The van der Waals surface area contributed by atoms with E-state index in [0.29, 0.717) is 25.9 Å². The van der Waals surface area contributed by atoms with Gasteiger partial charge >= 0.3 is 12.0 Å². The third-order valence-electron chi connectivity index (χ3n) is 5.89. The summed E-state index contributed by atoms with van der Waals surface area (Å²) >= 11 is 0. The summed E-state index contributed by atoms with van der Waals surface area (Å²) in [6.07, 6.45) is 2.82. The highest BCUT2D eigenvalue weighted by atomic mass is 16.4. The number of aryl methyl sites for hydroxylation is 1. The minimum Gasteiger partial charge on any atom is -0.481 e. The maximum atomic E-state index is 12.5. The molecule has 6 heteroatoms. The van der Waals surface area contributed by atoms with Crippen LogP contribution >= 0.6 is 0 Å². The molecule has 6 nitrogen and oxygen atoms in total. The molecular weight excluding hydrogens is 330 g/mol. The van der Waals surface area contributed by atoms with Crippen molar-refractivity contribution in [3.8, 4) is 0 Å². The molecule has 0 atom stereocenters. The van der Waals surface area contributed by atoms with E-state index in [0.717, 1.165) is 25.9 Å². The van der Waals surface area contributed by atoms with Crippen LogP contribution in [0, 0.1) is 19.8 Å². The Labute approximate surface area is 155 Å². The normalized spacial score (nSPS) is 23.6. The molecule has 1 aliphatic carbocycles. The lowest BCUT2D eigenvalue weighted by Gasteiger charge is -2.38. The largest absolute Gasteiger partial charge is 0.481 e. The van der Waals surface area contributed by atoms with Gasteiger partial charge in [0, 0.05) is 37.9 Å². The summed E-state index contributed by atoms with van der Waals surface area (Å²) in [6.45, 7) is 7.37. The van der Waals surface area contributed by atoms with Gasteiger partial charge in [0.25, 0.3) is 0 Å². The Hall–Kier alpha value is -2.24. The molecule has 0 aromatic heterocycles. The second-order valence-corrected chi connectivity index (χ2v) is 7.53. The molecule has 3 rings (SSSR count). The molecule has 1 aliphatic heterocycles. The molecule has 26 heavy (non-hydrogen) atoms. The zero-order chi connectivity index (χ0) is 18.7. The van der Waals surface area contributed by atoms with Crippen LogP contribution in [0.2, 0.25) is 0 Å². The molecule has 0 bridgehead atoms. The first-order chi connectivity index (χ1) is 12.5. The number of urea groups is 1. The molecule has 0 unspecified atom stereocenters. The molecule has 1 aromatic carbocycles. The van der Waals surface area contributed by atoms with Crippen LogP contribution in [0.4, 0.5) is 10.5 Å². The highest BCUT2D eigenvalue weighted by molar-refractivity contribution is 5.75. The van der Waals surface area contributed by atoms with E-state index < -0.39 is 5.97 Å². The average Bonchev–Trinajstić information content (AvgIpc) is 2.64. The molecule has 1 aromatic rings. The maximum Gasteiger partial charge on any atom is 0.317 e. The van der Waals surface area contributed by atoms with Crippen LogP contribution in [0.15, 0.2) is 18.2 Å². The van der Waals surface area contributed by atoms with Crippen LogP contribution in [-0.4, -0.2) is 54.2 Å². The first-order valence-corrected chi connectivity index (χ1v) is 9.55. The van der Waals surface area contributed by atoms with Gasteiger partial charge in [0.05, 0.1) is 5.92 Å². The molecule has 1 saturated heterocycles. The number of carboxylic acids is 1. The van der Waals surface area contributed by atoms with Gasteiger partial charge in [-0.25, -0.2) is 4.79 Å². The summed E-state index contributed by atoms with van der Waals surface area (Å²) in [4.78, 5) is 27.8. The standard InChI is InChI=1S/C20H29N3O3/c1-14-4-3-5-18(15(14)2)22-10-12-23(13-11-22)20(26)21-17-8-6-16(7-9-17)19(24)25/h3-5,16-17H,6-13H2,1-2H3,(H,21,26)(H,24,25). The fourth-order valence-corrected chi connectivity index (χ4v) is 3.98. The van der Waals surface area contributed by atoms with Crippen LogP contribution in [0.25, 0.3) is 0 Å². The molecule has 2 amide bonds. The van der Waals surface area contributed by atoms with Gasteiger partial charge < -0.3 is 20.2 Å². The first-order valence-electron chi connectivity index (χ1n) is 9.55. The lowest BCUT2D eigenvalue weighted by molar-refractivity contribution is -0.142. The Morgan fingerprint density at radius 1 is 1.04 bits per heavy atom. The average molecular weight is 359 g/mol. The SMILES string of the molecule is Cc1cccc(N2CCN(C(=O)NC3CCC(C(=O)O)CC3)CC2)c1C. The number of aliphatic carboxylic acids is 1. The number of amides is 2. The third-order valence-corrected chi connectivity index (χ3v) is 5.89. The number of nitrogens with zero attached hydrogens (tertiary/aromatic N) is 2. The highest BCUT2D eigenvalue weighted by Gasteiger charge is 2.29. The van der Waals surface area contributed by atoms with Crippen molar-refractivity contribution in [2.24, 2.45) is 5.92 Å². The minimum absolute atomic E-state index is 0.00982. The predicted octanol–water partition coefficient (Wildman–Crippen LogP) is 2.78. The predicted molar refractivity (Wildman–Crippen MR) is 102 cm³/mol. The topological polar surface area (TPSA) is 72.9 Å². The number of nitrogens with one attached hydrogen (secondary N) is 1. The van der Waals surface area contributed by atoms with Gasteiger partial charge in [-0.3, -0.25) is 4.79 Å².